The second-order valence-corrected chi connectivity index (χ2v) is 10.4. The summed E-state index contributed by atoms with van der Waals surface area (Å²) in [7, 11) is 1.65. The predicted molar refractivity (Wildman–Crippen MR) is 174 cm³/mol. The number of esters is 1. The Hall–Kier alpha value is -4.65. The summed E-state index contributed by atoms with van der Waals surface area (Å²) >= 11 is 0. The number of hydrogen-bond donors (Lipinski definition) is 0. The van der Waals surface area contributed by atoms with Gasteiger partial charge in [-0.2, -0.15) is 0 Å². The molecule has 0 fully saturated rings. The van der Waals surface area contributed by atoms with Crippen molar-refractivity contribution in [3.05, 3.63) is 102 Å². The van der Waals surface area contributed by atoms with Gasteiger partial charge < -0.3 is 19.1 Å². The molecule has 7 nitrogen and oxygen atoms in total. The molecule has 7 heteroatoms. The Balaban J connectivity index is 1.65. The van der Waals surface area contributed by atoms with Crippen molar-refractivity contribution in [1.29, 1.82) is 0 Å². The first-order valence-electron chi connectivity index (χ1n) is 15.3. The second kappa shape index (κ2) is 16.3. The second-order valence-electron chi connectivity index (χ2n) is 10.4. The fourth-order valence-electron chi connectivity index (χ4n) is 5.25. The van der Waals surface area contributed by atoms with Crippen LogP contribution in [0.3, 0.4) is 0 Å². The van der Waals surface area contributed by atoms with E-state index in [4.69, 9.17) is 14.2 Å². The summed E-state index contributed by atoms with van der Waals surface area (Å²) in [5, 5.41) is 0. The van der Waals surface area contributed by atoms with Crippen molar-refractivity contribution in [3.63, 3.8) is 0 Å². The van der Waals surface area contributed by atoms with E-state index in [1.807, 2.05) is 73.5 Å². The van der Waals surface area contributed by atoms with E-state index in [0.717, 1.165) is 38.9 Å². The largest absolute Gasteiger partial charge is 0.496 e. The van der Waals surface area contributed by atoms with Crippen LogP contribution >= 0.6 is 0 Å². The first-order valence-corrected chi connectivity index (χ1v) is 15.3. The molecule has 4 rings (SSSR count). The molecule has 0 unspecified atom stereocenters. The average Bonchev–Trinajstić information content (AvgIpc) is 3.05. The smallest absolute Gasteiger partial charge is 0.310 e. The molecular formula is C37H42N2O5. The van der Waals surface area contributed by atoms with Gasteiger partial charge in [0.2, 0.25) is 11.8 Å². The van der Waals surface area contributed by atoms with Crippen molar-refractivity contribution in [2.24, 2.45) is 0 Å². The molecule has 0 spiro atoms. The molecule has 44 heavy (non-hydrogen) atoms. The standard InChI is InChI=1S/C37H42N2O5/c1-5-39(36(40)20-14-27-11-9-8-10-12-27)22-21-30-25-29(31-16-19-35(38-26-31)43-6-2)15-17-32(30)33-23-28(13-18-34(33)42-4)24-37(41)44-7-3/h8-13,15-19,23,25-26H,5-7,14,20-22,24H2,1-4H3. The fraction of sp³-hybridized carbons (Fsp3) is 0.324. The third-order valence-corrected chi connectivity index (χ3v) is 7.53. The summed E-state index contributed by atoms with van der Waals surface area (Å²) < 4.78 is 16.5. The van der Waals surface area contributed by atoms with Crippen molar-refractivity contribution >= 4 is 11.9 Å². The minimum absolute atomic E-state index is 0.138. The van der Waals surface area contributed by atoms with Crippen LogP contribution in [0.5, 0.6) is 11.6 Å². The van der Waals surface area contributed by atoms with Gasteiger partial charge in [-0.3, -0.25) is 9.59 Å². The summed E-state index contributed by atoms with van der Waals surface area (Å²) in [6.45, 7) is 7.85. The summed E-state index contributed by atoms with van der Waals surface area (Å²) in [6, 6.07) is 26.1. The van der Waals surface area contributed by atoms with E-state index in [1.165, 1.54) is 0 Å². The molecule has 1 heterocycles. The van der Waals surface area contributed by atoms with E-state index in [0.29, 0.717) is 57.2 Å². The van der Waals surface area contributed by atoms with Crippen LogP contribution in [-0.2, 0) is 33.6 Å². The van der Waals surface area contributed by atoms with Gasteiger partial charge in [-0.25, -0.2) is 4.98 Å². The highest BCUT2D eigenvalue weighted by atomic mass is 16.5. The average molecular weight is 595 g/mol. The molecule has 0 bridgehead atoms. The van der Waals surface area contributed by atoms with Gasteiger partial charge in [0.05, 0.1) is 26.7 Å². The van der Waals surface area contributed by atoms with Crippen molar-refractivity contribution in [2.45, 2.75) is 46.5 Å². The molecule has 0 radical (unpaired) electrons. The summed E-state index contributed by atoms with van der Waals surface area (Å²) in [6.07, 6.45) is 3.81. The maximum atomic E-state index is 13.2. The van der Waals surface area contributed by atoms with Crippen LogP contribution in [0, 0.1) is 0 Å². The Labute approximate surface area is 260 Å². The molecular weight excluding hydrogens is 552 g/mol. The molecule has 0 saturated heterocycles. The monoisotopic (exact) mass is 594 g/mol. The lowest BCUT2D eigenvalue weighted by atomic mass is 9.92. The molecule has 0 aliphatic heterocycles. The lowest BCUT2D eigenvalue weighted by molar-refractivity contribution is -0.142. The van der Waals surface area contributed by atoms with Gasteiger partial charge >= 0.3 is 5.97 Å². The Morgan fingerprint density at radius 2 is 1.59 bits per heavy atom. The highest BCUT2D eigenvalue weighted by Gasteiger charge is 2.17. The van der Waals surface area contributed by atoms with Gasteiger partial charge in [0, 0.05) is 42.9 Å². The number of hydrogen-bond acceptors (Lipinski definition) is 6. The van der Waals surface area contributed by atoms with Crippen molar-refractivity contribution in [1.82, 2.24) is 9.88 Å². The van der Waals surface area contributed by atoms with Crippen LogP contribution in [0.2, 0.25) is 0 Å². The van der Waals surface area contributed by atoms with Crippen LogP contribution in [0.15, 0.2) is 85.1 Å². The zero-order valence-corrected chi connectivity index (χ0v) is 26.2. The van der Waals surface area contributed by atoms with Gasteiger partial charge in [0.25, 0.3) is 0 Å². The number of nitrogens with zero attached hydrogens (tertiary/aromatic N) is 2. The Bertz CT molecular complexity index is 1520. The Morgan fingerprint density at radius 1 is 0.795 bits per heavy atom. The molecule has 4 aromatic rings. The minimum Gasteiger partial charge on any atom is -0.496 e. The van der Waals surface area contributed by atoms with Crippen molar-refractivity contribution < 1.29 is 23.8 Å². The topological polar surface area (TPSA) is 78.0 Å². The molecule has 1 amide bonds. The SMILES string of the molecule is CCOC(=O)Cc1ccc(OC)c(-c2ccc(-c3ccc(OCC)nc3)cc2CCN(CC)C(=O)CCc2ccccc2)c1. The summed E-state index contributed by atoms with van der Waals surface area (Å²) in [5.74, 6) is 1.16. The number of benzene rings is 3. The molecule has 3 aromatic carbocycles. The third-order valence-electron chi connectivity index (χ3n) is 7.53. The quantitative estimate of drug-likeness (QED) is 0.139. The summed E-state index contributed by atoms with van der Waals surface area (Å²) in [4.78, 5) is 31.9. The minimum atomic E-state index is -0.269. The number of ether oxygens (including phenoxy) is 3. The molecule has 0 atom stereocenters. The molecule has 1 aromatic heterocycles. The third kappa shape index (κ3) is 8.69. The first-order chi connectivity index (χ1) is 21.4. The predicted octanol–water partition coefficient (Wildman–Crippen LogP) is 6.95. The van der Waals surface area contributed by atoms with Crippen molar-refractivity contribution in [3.8, 4) is 33.9 Å². The van der Waals surface area contributed by atoms with E-state index in [1.54, 1.807) is 14.0 Å². The van der Waals surface area contributed by atoms with Crippen LogP contribution in [0.1, 0.15) is 43.9 Å². The lowest BCUT2D eigenvalue weighted by Crippen LogP contribution is -2.33. The molecule has 0 saturated carbocycles. The van der Waals surface area contributed by atoms with E-state index in [2.05, 4.69) is 35.3 Å². The molecule has 0 aliphatic rings. The van der Waals surface area contributed by atoms with Crippen LogP contribution in [-0.4, -0.2) is 55.2 Å². The highest BCUT2D eigenvalue weighted by molar-refractivity contribution is 5.80. The highest BCUT2D eigenvalue weighted by Crippen LogP contribution is 2.36. The van der Waals surface area contributed by atoms with Crippen molar-refractivity contribution in [2.75, 3.05) is 33.4 Å². The maximum Gasteiger partial charge on any atom is 0.310 e. The van der Waals surface area contributed by atoms with Crippen LogP contribution in [0.25, 0.3) is 22.3 Å². The number of methoxy groups -OCH3 is 1. The van der Waals surface area contributed by atoms with E-state index in [-0.39, 0.29) is 18.3 Å². The number of pyridine rings is 1. The number of carbonyl (C=O) groups is 2. The fourth-order valence-corrected chi connectivity index (χ4v) is 5.25. The normalized spacial score (nSPS) is 10.7. The first kappa shape index (κ1) is 32.3. The van der Waals surface area contributed by atoms with Crippen LogP contribution in [0.4, 0.5) is 0 Å². The number of rotatable bonds is 15. The van der Waals surface area contributed by atoms with Gasteiger partial charge in [0.15, 0.2) is 0 Å². The molecule has 230 valence electrons. The van der Waals surface area contributed by atoms with Crippen LogP contribution < -0.4 is 9.47 Å². The maximum absolute atomic E-state index is 13.2. The number of amides is 1. The zero-order valence-electron chi connectivity index (χ0n) is 26.2. The molecule has 0 N–H and O–H groups in total. The van der Waals surface area contributed by atoms with Gasteiger partial charge in [-0.05, 0) is 79.6 Å². The Morgan fingerprint density at radius 3 is 2.27 bits per heavy atom. The zero-order chi connectivity index (χ0) is 31.3. The number of carbonyl (C=O) groups excluding carboxylic acids is 2. The Kier molecular flexibility index (Phi) is 11.9. The van der Waals surface area contributed by atoms with Gasteiger partial charge in [-0.1, -0.05) is 54.6 Å². The number of likely N-dealkylation sites (N-methyl/N-ethyl adjacent to an activating group) is 1. The number of aromatic nitrogens is 1. The number of aryl methyl sites for hydroxylation is 1. The lowest BCUT2D eigenvalue weighted by Gasteiger charge is -2.23. The van der Waals surface area contributed by atoms with E-state index >= 15 is 0 Å². The summed E-state index contributed by atoms with van der Waals surface area (Å²) in [5.41, 5.74) is 6.93. The molecule has 0 aliphatic carbocycles. The van der Waals surface area contributed by atoms with E-state index < -0.39 is 0 Å². The van der Waals surface area contributed by atoms with Gasteiger partial charge in [0.1, 0.15) is 5.75 Å². The van der Waals surface area contributed by atoms with E-state index in [9.17, 15) is 9.59 Å². The van der Waals surface area contributed by atoms with Gasteiger partial charge in [-0.15, -0.1) is 0 Å².